The Hall–Kier alpha value is -0.130. The van der Waals surface area contributed by atoms with E-state index in [1.807, 2.05) is 6.92 Å². The van der Waals surface area contributed by atoms with Crippen LogP contribution in [0.15, 0.2) is 0 Å². The quantitative estimate of drug-likeness (QED) is 0.811. The van der Waals surface area contributed by atoms with Gasteiger partial charge < -0.3 is 10.1 Å². The summed E-state index contributed by atoms with van der Waals surface area (Å²) in [6.45, 7) is 11.9. The standard InChI is InChI=1S/C14H29NO3S/c1-6-19(16,17)10-11(2)15-9-12-7-8-18-13(12)14(3,4)5/h11-13,15H,6-10H2,1-5H3/t11?,12-,13+/m1/s1. The maximum atomic E-state index is 11.6. The molecule has 1 unspecified atom stereocenters. The second-order valence-electron chi connectivity index (χ2n) is 6.71. The lowest BCUT2D eigenvalue weighted by Crippen LogP contribution is -2.41. The highest BCUT2D eigenvalue weighted by Crippen LogP contribution is 2.34. The second-order valence-corrected chi connectivity index (χ2v) is 9.11. The smallest absolute Gasteiger partial charge is 0.151 e. The maximum absolute atomic E-state index is 11.6. The van der Waals surface area contributed by atoms with Crippen LogP contribution in [0.2, 0.25) is 0 Å². The highest BCUT2D eigenvalue weighted by Gasteiger charge is 2.37. The molecular formula is C14H29NO3S. The third-order valence-corrected chi connectivity index (χ3v) is 5.63. The van der Waals surface area contributed by atoms with Gasteiger partial charge in [-0.15, -0.1) is 0 Å². The van der Waals surface area contributed by atoms with Gasteiger partial charge in [-0.2, -0.15) is 0 Å². The van der Waals surface area contributed by atoms with Crippen molar-refractivity contribution in [2.24, 2.45) is 11.3 Å². The van der Waals surface area contributed by atoms with Gasteiger partial charge in [0.2, 0.25) is 0 Å². The Morgan fingerprint density at radius 1 is 1.37 bits per heavy atom. The zero-order valence-corrected chi connectivity index (χ0v) is 13.7. The third-order valence-electron chi connectivity index (χ3n) is 3.74. The molecule has 0 aromatic carbocycles. The summed E-state index contributed by atoms with van der Waals surface area (Å²) in [6.07, 6.45) is 1.32. The van der Waals surface area contributed by atoms with Crippen LogP contribution in [-0.2, 0) is 14.6 Å². The first kappa shape index (κ1) is 16.9. The van der Waals surface area contributed by atoms with E-state index in [1.54, 1.807) is 6.92 Å². The molecule has 114 valence electrons. The zero-order valence-electron chi connectivity index (χ0n) is 12.9. The maximum Gasteiger partial charge on any atom is 0.151 e. The van der Waals surface area contributed by atoms with Gasteiger partial charge in [0.25, 0.3) is 0 Å². The Morgan fingerprint density at radius 2 is 2.00 bits per heavy atom. The van der Waals surface area contributed by atoms with E-state index >= 15 is 0 Å². The first-order chi connectivity index (χ1) is 8.65. The number of nitrogens with one attached hydrogen (secondary N) is 1. The summed E-state index contributed by atoms with van der Waals surface area (Å²) < 4.78 is 29.0. The Balaban J connectivity index is 2.44. The molecule has 0 spiro atoms. The normalized spacial score (nSPS) is 26.6. The van der Waals surface area contributed by atoms with Gasteiger partial charge in [0.15, 0.2) is 9.84 Å². The SMILES string of the molecule is CCS(=O)(=O)CC(C)NC[C@H]1CCO[C@@H]1C(C)(C)C. The van der Waals surface area contributed by atoms with Crippen LogP contribution in [0, 0.1) is 11.3 Å². The van der Waals surface area contributed by atoms with Gasteiger partial charge in [-0.25, -0.2) is 8.42 Å². The number of hydrogen-bond acceptors (Lipinski definition) is 4. The molecule has 0 aliphatic carbocycles. The molecule has 1 aliphatic heterocycles. The highest BCUT2D eigenvalue weighted by molar-refractivity contribution is 7.91. The van der Waals surface area contributed by atoms with Crippen LogP contribution in [0.1, 0.15) is 41.0 Å². The fourth-order valence-corrected chi connectivity index (χ4v) is 3.83. The molecule has 4 nitrogen and oxygen atoms in total. The van der Waals surface area contributed by atoms with Crippen LogP contribution in [0.5, 0.6) is 0 Å². The molecule has 1 aliphatic rings. The zero-order chi connectivity index (χ0) is 14.7. The van der Waals surface area contributed by atoms with Crippen LogP contribution < -0.4 is 5.32 Å². The first-order valence-electron chi connectivity index (χ1n) is 7.21. The van der Waals surface area contributed by atoms with E-state index in [9.17, 15) is 8.42 Å². The fraction of sp³-hybridized carbons (Fsp3) is 1.00. The van der Waals surface area contributed by atoms with Crippen molar-refractivity contribution < 1.29 is 13.2 Å². The summed E-state index contributed by atoms with van der Waals surface area (Å²) in [7, 11) is -2.90. The van der Waals surface area contributed by atoms with E-state index in [0.717, 1.165) is 19.6 Å². The monoisotopic (exact) mass is 291 g/mol. The Kier molecular flexibility index (Phi) is 5.83. The lowest BCUT2D eigenvalue weighted by Gasteiger charge is -2.31. The molecule has 0 amide bonds. The van der Waals surface area contributed by atoms with Gasteiger partial charge in [-0.05, 0) is 18.8 Å². The number of hydrogen-bond donors (Lipinski definition) is 1. The summed E-state index contributed by atoms with van der Waals surface area (Å²) in [5, 5.41) is 3.36. The number of sulfone groups is 1. The van der Waals surface area contributed by atoms with E-state index in [4.69, 9.17) is 4.74 Å². The van der Waals surface area contributed by atoms with E-state index in [-0.39, 0.29) is 29.1 Å². The van der Waals surface area contributed by atoms with Crippen LogP contribution in [0.4, 0.5) is 0 Å². The van der Waals surface area contributed by atoms with Crippen LogP contribution in [0.3, 0.4) is 0 Å². The van der Waals surface area contributed by atoms with E-state index < -0.39 is 9.84 Å². The largest absolute Gasteiger partial charge is 0.377 e. The van der Waals surface area contributed by atoms with Crippen molar-refractivity contribution >= 4 is 9.84 Å². The Bertz CT molecular complexity index is 373. The predicted octanol–water partition coefficient (Wildman–Crippen LogP) is 1.85. The first-order valence-corrected chi connectivity index (χ1v) is 9.03. The van der Waals surface area contributed by atoms with Crippen molar-refractivity contribution in [2.75, 3.05) is 24.7 Å². The average molecular weight is 291 g/mol. The second kappa shape index (κ2) is 6.55. The van der Waals surface area contributed by atoms with E-state index in [0.29, 0.717) is 5.92 Å². The van der Waals surface area contributed by atoms with Crippen molar-refractivity contribution in [3.05, 3.63) is 0 Å². The number of ether oxygens (including phenoxy) is 1. The van der Waals surface area contributed by atoms with E-state index in [2.05, 4.69) is 26.1 Å². The van der Waals surface area contributed by atoms with Gasteiger partial charge >= 0.3 is 0 Å². The molecular weight excluding hydrogens is 262 g/mol. The summed E-state index contributed by atoms with van der Waals surface area (Å²) >= 11 is 0. The van der Waals surface area contributed by atoms with Crippen molar-refractivity contribution in [3.63, 3.8) is 0 Å². The van der Waals surface area contributed by atoms with Crippen molar-refractivity contribution in [2.45, 2.75) is 53.2 Å². The van der Waals surface area contributed by atoms with Crippen LogP contribution in [0.25, 0.3) is 0 Å². The average Bonchev–Trinajstić information content (AvgIpc) is 2.73. The lowest BCUT2D eigenvalue weighted by molar-refractivity contribution is 0.00698. The summed E-state index contributed by atoms with van der Waals surface area (Å²) in [6, 6.07) is 0.00571. The highest BCUT2D eigenvalue weighted by atomic mass is 32.2. The summed E-state index contributed by atoms with van der Waals surface area (Å²) in [5.74, 6) is 0.916. The molecule has 0 bridgehead atoms. The molecule has 19 heavy (non-hydrogen) atoms. The molecule has 0 aromatic rings. The molecule has 3 atom stereocenters. The fourth-order valence-electron chi connectivity index (χ4n) is 2.71. The Morgan fingerprint density at radius 3 is 2.53 bits per heavy atom. The molecule has 1 fully saturated rings. The van der Waals surface area contributed by atoms with Gasteiger partial charge in [-0.3, -0.25) is 0 Å². The third kappa shape index (κ3) is 5.40. The topological polar surface area (TPSA) is 55.4 Å². The molecule has 1 rings (SSSR count). The van der Waals surface area contributed by atoms with Crippen LogP contribution in [-0.4, -0.2) is 45.2 Å². The molecule has 5 heteroatoms. The summed E-state index contributed by atoms with van der Waals surface area (Å²) in [4.78, 5) is 0. The molecule has 1 saturated heterocycles. The van der Waals surface area contributed by atoms with Crippen LogP contribution >= 0.6 is 0 Å². The molecule has 1 N–H and O–H groups in total. The molecule has 0 saturated carbocycles. The van der Waals surface area contributed by atoms with Gasteiger partial charge in [0, 0.05) is 30.9 Å². The minimum Gasteiger partial charge on any atom is -0.377 e. The van der Waals surface area contributed by atoms with Gasteiger partial charge in [0.05, 0.1) is 11.9 Å². The Labute approximate surface area is 118 Å². The predicted molar refractivity (Wildman–Crippen MR) is 79.1 cm³/mol. The molecule has 0 radical (unpaired) electrons. The lowest BCUT2D eigenvalue weighted by atomic mass is 9.81. The van der Waals surface area contributed by atoms with Crippen molar-refractivity contribution in [3.8, 4) is 0 Å². The van der Waals surface area contributed by atoms with Gasteiger partial charge in [-0.1, -0.05) is 27.7 Å². The van der Waals surface area contributed by atoms with E-state index in [1.165, 1.54) is 0 Å². The number of rotatable bonds is 6. The molecule has 0 aromatic heterocycles. The molecule has 1 heterocycles. The summed E-state index contributed by atoms with van der Waals surface area (Å²) in [5.41, 5.74) is 0.140. The minimum atomic E-state index is -2.90. The van der Waals surface area contributed by atoms with Crippen molar-refractivity contribution in [1.82, 2.24) is 5.32 Å². The minimum absolute atomic E-state index is 0.00571. The van der Waals surface area contributed by atoms with Gasteiger partial charge in [0.1, 0.15) is 0 Å². The van der Waals surface area contributed by atoms with Crippen molar-refractivity contribution in [1.29, 1.82) is 0 Å².